The molecule has 0 aliphatic carbocycles. The van der Waals surface area contributed by atoms with Crippen LogP contribution in [0, 0.1) is 5.41 Å². The third-order valence-electron chi connectivity index (χ3n) is 2.08. The summed E-state index contributed by atoms with van der Waals surface area (Å²) in [7, 11) is 0. The standard InChI is InChI=1S/C10H12N6/c11-5-1-2-7-16-14-10(13-15-16)9-4-3-6-12-8-9/h3-6,8,11H,1-2,7H2. The predicted molar refractivity (Wildman–Crippen MR) is 59.1 cm³/mol. The molecule has 2 heterocycles. The van der Waals surface area contributed by atoms with E-state index in [1.807, 2.05) is 12.1 Å². The highest BCUT2D eigenvalue weighted by atomic mass is 15.6. The average molecular weight is 216 g/mol. The van der Waals surface area contributed by atoms with Gasteiger partial charge in [-0.1, -0.05) is 0 Å². The van der Waals surface area contributed by atoms with Crippen LogP contribution in [0.2, 0.25) is 0 Å². The number of aryl methyl sites for hydroxylation is 1. The summed E-state index contributed by atoms with van der Waals surface area (Å²) in [5.74, 6) is 0.586. The van der Waals surface area contributed by atoms with Gasteiger partial charge in [-0.25, -0.2) is 0 Å². The minimum Gasteiger partial charge on any atom is -0.313 e. The van der Waals surface area contributed by atoms with Gasteiger partial charge < -0.3 is 5.41 Å². The van der Waals surface area contributed by atoms with Gasteiger partial charge >= 0.3 is 0 Å². The Kier molecular flexibility index (Phi) is 3.32. The predicted octanol–water partition coefficient (Wildman–Crippen LogP) is 1.16. The number of tetrazole rings is 1. The Balaban J connectivity index is 2.05. The fraction of sp³-hybridized carbons (Fsp3) is 0.300. The maximum atomic E-state index is 6.91. The average Bonchev–Trinajstić information content (AvgIpc) is 2.79. The Hall–Kier alpha value is -2.11. The van der Waals surface area contributed by atoms with Crippen LogP contribution in [0.15, 0.2) is 24.5 Å². The molecule has 2 aromatic heterocycles. The van der Waals surface area contributed by atoms with Gasteiger partial charge in [-0.2, -0.15) is 4.80 Å². The van der Waals surface area contributed by atoms with Gasteiger partial charge in [0, 0.05) is 18.0 Å². The van der Waals surface area contributed by atoms with E-state index in [0.29, 0.717) is 12.4 Å². The van der Waals surface area contributed by atoms with Crippen LogP contribution in [-0.2, 0) is 6.54 Å². The highest BCUT2D eigenvalue weighted by Crippen LogP contribution is 2.10. The van der Waals surface area contributed by atoms with E-state index in [0.717, 1.165) is 18.4 Å². The number of nitrogens with one attached hydrogen (secondary N) is 1. The second-order valence-corrected chi connectivity index (χ2v) is 3.30. The fourth-order valence-corrected chi connectivity index (χ4v) is 1.28. The van der Waals surface area contributed by atoms with Gasteiger partial charge in [0.15, 0.2) is 0 Å². The van der Waals surface area contributed by atoms with Crippen LogP contribution in [0.1, 0.15) is 12.8 Å². The van der Waals surface area contributed by atoms with E-state index < -0.39 is 0 Å². The van der Waals surface area contributed by atoms with E-state index in [2.05, 4.69) is 20.4 Å². The minimum absolute atomic E-state index is 0.586. The first kappa shape index (κ1) is 10.4. The van der Waals surface area contributed by atoms with E-state index in [1.54, 1.807) is 17.2 Å². The van der Waals surface area contributed by atoms with Crippen molar-refractivity contribution in [2.45, 2.75) is 19.4 Å². The number of unbranched alkanes of at least 4 members (excludes halogenated alkanes) is 1. The van der Waals surface area contributed by atoms with Crippen LogP contribution in [-0.4, -0.2) is 31.4 Å². The molecule has 0 spiro atoms. The quantitative estimate of drug-likeness (QED) is 0.600. The largest absolute Gasteiger partial charge is 0.313 e. The first-order chi connectivity index (χ1) is 7.90. The number of hydrogen-bond acceptors (Lipinski definition) is 5. The van der Waals surface area contributed by atoms with Gasteiger partial charge in [0.1, 0.15) is 0 Å². The van der Waals surface area contributed by atoms with E-state index in [9.17, 15) is 0 Å². The van der Waals surface area contributed by atoms with Gasteiger partial charge in [-0.05, 0) is 36.4 Å². The van der Waals surface area contributed by atoms with Crippen LogP contribution in [0.25, 0.3) is 11.4 Å². The molecule has 0 radical (unpaired) electrons. The molecule has 0 saturated carbocycles. The molecule has 16 heavy (non-hydrogen) atoms. The zero-order valence-electron chi connectivity index (χ0n) is 8.74. The summed E-state index contributed by atoms with van der Waals surface area (Å²) in [6.45, 7) is 0.683. The van der Waals surface area contributed by atoms with Gasteiger partial charge in [0.05, 0.1) is 6.54 Å². The molecule has 0 aliphatic rings. The number of hydrogen-bond donors (Lipinski definition) is 1. The second kappa shape index (κ2) is 5.11. The summed E-state index contributed by atoms with van der Waals surface area (Å²) in [5, 5.41) is 19.0. The number of rotatable bonds is 5. The Morgan fingerprint density at radius 2 is 2.38 bits per heavy atom. The third kappa shape index (κ3) is 2.47. The molecule has 2 aromatic rings. The first-order valence-corrected chi connectivity index (χ1v) is 5.07. The lowest BCUT2D eigenvalue weighted by Gasteiger charge is -1.94. The summed E-state index contributed by atoms with van der Waals surface area (Å²) in [4.78, 5) is 5.55. The van der Waals surface area contributed by atoms with E-state index in [-0.39, 0.29) is 0 Å². The summed E-state index contributed by atoms with van der Waals surface area (Å²) in [6, 6.07) is 3.73. The van der Waals surface area contributed by atoms with Crippen molar-refractivity contribution in [3.05, 3.63) is 24.5 Å². The molecule has 0 fully saturated rings. The first-order valence-electron chi connectivity index (χ1n) is 5.07. The van der Waals surface area contributed by atoms with Gasteiger partial charge in [-0.15, -0.1) is 10.2 Å². The molecule has 6 nitrogen and oxygen atoms in total. The van der Waals surface area contributed by atoms with Crippen LogP contribution in [0.3, 0.4) is 0 Å². The molecule has 6 heteroatoms. The monoisotopic (exact) mass is 216 g/mol. The molecule has 0 saturated heterocycles. The summed E-state index contributed by atoms with van der Waals surface area (Å²) in [5.41, 5.74) is 0.862. The zero-order chi connectivity index (χ0) is 11.2. The van der Waals surface area contributed by atoms with Crippen LogP contribution >= 0.6 is 0 Å². The van der Waals surface area contributed by atoms with Crippen molar-refractivity contribution in [1.29, 1.82) is 5.41 Å². The lowest BCUT2D eigenvalue weighted by atomic mass is 10.3. The maximum absolute atomic E-state index is 6.91. The highest BCUT2D eigenvalue weighted by Gasteiger charge is 2.04. The van der Waals surface area contributed by atoms with E-state index >= 15 is 0 Å². The van der Waals surface area contributed by atoms with Crippen LogP contribution in [0.4, 0.5) is 0 Å². The van der Waals surface area contributed by atoms with E-state index in [4.69, 9.17) is 5.41 Å². The molecule has 0 aliphatic heterocycles. The SMILES string of the molecule is N=CCCCn1nnc(-c2cccnc2)n1. The Labute approximate surface area is 92.8 Å². The van der Waals surface area contributed by atoms with Crippen LogP contribution < -0.4 is 0 Å². The summed E-state index contributed by atoms with van der Waals surface area (Å²) < 4.78 is 0. The number of pyridine rings is 1. The van der Waals surface area contributed by atoms with Gasteiger partial charge in [0.2, 0.25) is 5.82 Å². The molecule has 0 atom stereocenters. The third-order valence-corrected chi connectivity index (χ3v) is 2.08. The molecule has 1 N–H and O–H groups in total. The Morgan fingerprint density at radius 1 is 1.44 bits per heavy atom. The van der Waals surface area contributed by atoms with Crippen molar-refractivity contribution in [1.82, 2.24) is 25.2 Å². The lowest BCUT2D eigenvalue weighted by molar-refractivity contribution is 0.507. The Morgan fingerprint density at radius 3 is 3.12 bits per heavy atom. The number of nitrogens with zero attached hydrogens (tertiary/aromatic N) is 5. The molecular weight excluding hydrogens is 204 g/mol. The zero-order valence-corrected chi connectivity index (χ0v) is 8.74. The van der Waals surface area contributed by atoms with Crippen molar-refractivity contribution in [3.63, 3.8) is 0 Å². The molecule has 2 rings (SSSR count). The molecule has 0 amide bonds. The number of aromatic nitrogens is 5. The smallest absolute Gasteiger partial charge is 0.206 e. The molecular formula is C10H12N6. The normalized spacial score (nSPS) is 10.2. The summed E-state index contributed by atoms with van der Waals surface area (Å²) >= 11 is 0. The molecule has 0 unspecified atom stereocenters. The van der Waals surface area contributed by atoms with Gasteiger partial charge in [0.25, 0.3) is 0 Å². The molecule has 0 aromatic carbocycles. The van der Waals surface area contributed by atoms with Crippen molar-refractivity contribution in [2.24, 2.45) is 0 Å². The minimum atomic E-state index is 0.586. The van der Waals surface area contributed by atoms with Crippen molar-refractivity contribution in [2.75, 3.05) is 0 Å². The van der Waals surface area contributed by atoms with Crippen LogP contribution in [0.5, 0.6) is 0 Å². The van der Waals surface area contributed by atoms with Crippen molar-refractivity contribution in [3.8, 4) is 11.4 Å². The van der Waals surface area contributed by atoms with Crippen molar-refractivity contribution < 1.29 is 0 Å². The Bertz CT molecular complexity index is 449. The van der Waals surface area contributed by atoms with Crippen molar-refractivity contribution >= 4 is 6.21 Å². The lowest BCUT2D eigenvalue weighted by Crippen LogP contribution is -2.02. The topological polar surface area (TPSA) is 80.3 Å². The molecule has 0 bridgehead atoms. The summed E-state index contributed by atoms with van der Waals surface area (Å²) in [6.07, 6.45) is 6.39. The fourth-order valence-electron chi connectivity index (χ4n) is 1.28. The van der Waals surface area contributed by atoms with E-state index in [1.165, 1.54) is 6.21 Å². The molecule has 82 valence electrons. The highest BCUT2D eigenvalue weighted by molar-refractivity contribution is 5.52. The van der Waals surface area contributed by atoms with Gasteiger partial charge in [-0.3, -0.25) is 4.98 Å². The second-order valence-electron chi connectivity index (χ2n) is 3.30. The maximum Gasteiger partial charge on any atom is 0.206 e.